The highest BCUT2D eigenvalue weighted by molar-refractivity contribution is 5.80. The average molecular weight is 489 g/mol. The van der Waals surface area contributed by atoms with Gasteiger partial charge in [0.05, 0.1) is 18.7 Å². The SMILES string of the molecule is COc1ccc2[nH]c(=O)c(CN(CCc3ccccc3)[C@@H](c3nnnn3C(C)(C)C)C(C)C)cc2c1. The van der Waals surface area contributed by atoms with Gasteiger partial charge in [0.2, 0.25) is 0 Å². The molecule has 4 aromatic rings. The fourth-order valence-electron chi connectivity index (χ4n) is 4.67. The first kappa shape index (κ1) is 25.6. The van der Waals surface area contributed by atoms with Crippen molar-refractivity contribution < 1.29 is 4.74 Å². The Morgan fingerprint density at radius 2 is 1.83 bits per heavy atom. The van der Waals surface area contributed by atoms with Crippen LogP contribution in [0.2, 0.25) is 0 Å². The van der Waals surface area contributed by atoms with E-state index in [1.165, 1.54) is 5.56 Å². The second-order valence-electron chi connectivity index (χ2n) is 10.6. The van der Waals surface area contributed by atoms with E-state index in [-0.39, 0.29) is 23.1 Å². The van der Waals surface area contributed by atoms with Crippen molar-refractivity contribution in [1.29, 1.82) is 0 Å². The quantitative estimate of drug-likeness (QED) is 0.367. The minimum atomic E-state index is -0.270. The van der Waals surface area contributed by atoms with Crippen molar-refractivity contribution in [1.82, 2.24) is 30.1 Å². The molecule has 4 rings (SSSR count). The molecule has 0 aliphatic carbocycles. The lowest BCUT2D eigenvalue weighted by atomic mass is 9.98. The van der Waals surface area contributed by atoms with Crippen LogP contribution in [0.15, 0.2) is 59.4 Å². The summed E-state index contributed by atoms with van der Waals surface area (Å²) >= 11 is 0. The Hall–Kier alpha value is -3.52. The van der Waals surface area contributed by atoms with Gasteiger partial charge in [-0.1, -0.05) is 44.2 Å². The van der Waals surface area contributed by atoms with Crippen molar-refractivity contribution in [2.24, 2.45) is 5.92 Å². The molecule has 36 heavy (non-hydrogen) atoms. The molecular weight excluding hydrogens is 452 g/mol. The van der Waals surface area contributed by atoms with Gasteiger partial charge in [0.1, 0.15) is 5.75 Å². The van der Waals surface area contributed by atoms with E-state index in [2.05, 4.69) is 84.3 Å². The molecule has 0 aliphatic heterocycles. The lowest BCUT2D eigenvalue weighted by Crippen LogP contribution is -2.39. The molecule has 0 saturated heterocycles. The third kappa shape index (κ3) is 5.65. The van der Waals surface area contributed by atoms with E-state index in [0.29, 0.717) is 12.1 Å². The van der Waals surface area contributed by atoms with Crippen molar-refractivity contribution in [2.45, 2.75) is 59.2 Å². The molecule has 2 aromatic heterocycles. The zero-order valence-corrected chi connectivity index (χ0v) is 22.0. The maximum absolute atomic E-state index is 13.1. The molecule has 2 aromatic carbocycles. The van der Waals surface area contributed by atoms with Gasteiger partial charge in [-0.3, -0.25) is 9.69 Å². The Morgan fingerprint density at radius 1 is 1.08 bits per heavy atom. The zero-order chi connectivity index (χ0) is 25.9. The van der Waals surface area contributed by atoms with Crippen LogP contribution in [0.4, 0.5) is 0 Å². The Kier molecular flexibility index (Phi) is 7.54. The number of rotatable bonds is 9. The van der Waals surface area contributed by atoms with E-state index in [9.17, 15) is 4.79 Å². The molecule has 2 heterocycles. The van der Waals surface area contributed by atoms with Gasteiger partial charge >= 0.3 is 0 Å². The number of benzene rings is 2. The van der Waals surface area contributed by atoms with Gasteiger partial charge in [0, 0.05) is 29.6 Å². The summed E-state index contributed by atoms with van der Waals surface area (Å²) in [4.78, 5) is 18.5. The highest BCUT2D eigenvalue weighted by Crippen LogP contribution is 2.31. The summed E-state index contributed by atoms with van der Waals surface area (Å²) in [7, 11) is 1.64. The van der Waals surface area contributed by atoms with Crippen LogP contribution in [0.1, 0.15) is 57.6 Å². The van der Waals surface area contributed by atoms with Crippen molar-refractivity contribution >= 4 is 10.9 Å². The Bertz CT molecular complexity index is 1350. The number of H-pyrrole nitrogens is 1. The number of nitrogens with one attached hydrogen (secondary N) is 1. The van der Waals surface area contributed by atoms with Crippen LogP contribution < -0.4 is 10.3 Å². The first-order valence-corrected chi connectivity index (χ1v) is 12.4. The summed E-state index contributed by atoms with van der Waals surface area (Å²) in [5.41, 5.74) is 2.38. The van der Waals surface area contributed by atoms with Crippen molar-refractivity contribution in [3.8, 4) is 5.75 Å². The minimum Gasteiger partial charge on any atom is -0.497 e. The summed E-state index contributed by atoms with van der Waals surface area (Å²) in [5.74, 6) is 1.78. The molecular formula is C28H36N6O2. The van der Waals surface area contributed by atoms with Gasteiger partial charge in [-0.25, -0.2) is 4.68 Å². The van der Waals surface area contributed by atoms with Crippen LogP contribution in [-0.4, -0.2) is 43.7 Å². The monoisotopic (exact) mass is 488 g/mol. The number of tetrazole rings is 1. The summed E-state index contributed by atoms with van der Waals surface area (Å²) in [6.07, 6.45) is 0.848. The molecule has 1 atom stereocenters. The molecule has 0 fully saturated rings. The van der Waals surface area contributed by atoms with Crippen LogP contribution in [0, 0.1) is 5.92 Å². The van der Waals surface area contributed by atoms with E-state index in [0.717, 1.165) is 35.4 Å². The summed E-state index contributed by atoms with van der Waals surface area (Å²) in [5, 5.41) is 13.8. The summed E-state index contributed by atoms with van der Waals surface area (Å²) in [6.45, 7) is 11.9. The smallest absolute Gasteiger partial charge is 0.252 e. The van der Waals surface area contributed by atoms with E-state index >= 15 is 0 Å². The molecule has 0 saturated carbocycles. The highest BCUT2D eigenvalue weighted by atomic mass is 16.5. The van der Waals surface area contributed by atoms with Crippen molar-refractivity contribution in [2.75, 3.05) is 13.7 Å². The highest BCUT2D eigenvalue weighted by Gasteiger charge is 2.32. The zero-order valence-electron chi connectivity index (χ0n) is 22.0. The topological polar surface area (TPSA) is 88.9 Å². The van der Waals surface area contributed by atoms with Crippen LogP contribution in [0.3, 0.4) is 0 Å². The number of hydrogen-bond acceptors (Lipinski definition) is 6. The second-order valence-corrected chi connectivity index (χ2v) is 10.6. The number of hydrogen-bond donors (Lipinski definition) is 1. The van der Waals surface area contributed by atoms with E-state index < -0.39 is 0 Å². The van der Waals surface area contributed by atoms with Crippen LogP contribution in [0.5, 0.6) is 5.75 Å². The maximum atomic E-state index is 13.1. The van der Waals surface area contributed by atoms with Gasteiger partial charge in [0.15, 0.2) is 5.82 Å². The van der Waals surface area contributed by atoms with Crippen LogP contribution in [-0.2, 0) is 18.5 Å². The number of nitrogens with zero attached hydrogens (tertiary/aromatic N) is 5. The molecule has 1 N–H and O–H groups in total. The minimum absolute atomic E-state index is 0.0802. The summed E-state index contributed by atoms with van der Waals surface area (Å²) in [6, 6.07) is 18.0. The Balaban J connectivity index is 1.76. The first-order chi connectivity index (χ1) is 17.2. The molecule has 0 aliphatic rings. The van der Waals surface area contributed by atoms with Gasteiger partial charge in [-0.2, -0.15) is 0 Å². The Labute approximate surface area is 212 Å². The number of aromatic amines is 1. The summed E-state index contributed by atoms with van der Waals surface area (Å²) < 4.78 is 7.30. The maximum Gasteiger partial charge on any atom is 0.252 e. The lowest BCUT2D eigenvalue weighted by Gasteiger charge is -2.35. The predicted octanol–water partition coefficient (Wildman–Crippen LogP) is 4.72. The number of fused-ring (bicyclic) bond motifs is 1. The fourth-order valence-corrected chi connectivity index (χ4v) is 4.67. The number of pyridine rings is 1. The van der Waals surface area contributed by atoms with Crippen molar-refractivity contribution in [3.63, 3.8) is 0 Å². The van der Waals surface area contributed by atoms with Crippen molar-refractivity contribution in [3.05, 3.63) is 81.9 Å². The molecule has 0 radical (unpaired) electrons. The van der Waals surface area contributed by atoms with E-state index in [1.54, 1.807) is 7.11 Å². The van der Waals surface area contributed by atoms with Gasteiger partial charge < -0.3 is 9.72 Å². The number of methoxy groups -OCH3 is 1. The molecule has 190 valence electrons. The second kappa shape index (κ2) is 10.6. The third-order valence-electron chi connectivity index (χ3n) is 6.45. The average Bonchev–Trinajstić information content (AvgIpc) is 3.33. The standard InChI is InChI=1S/C28H36N6O2/c1-19(2)25(26-30-31-32-34(26)28(3,4)5)33(15-14-20-10-8-7-9-11-20)18-22-16-21-17-23(36-6)12-13-24(21)29-27(22)35/h7-13,16-17,19,25H,14-15,18H2,1-6H3,(H,29,35)/t25-/m1/s1. The van der Waals surface area contributed by atoms with E-state index in [1.807, 2.05) is 35.0 Å². The number of aromatic nitrogens is 5. The Morgan fingerprint density at radius 3 is 2.50 bits per heavy atom. The fraction of sp³-hybridized carbons (Fsp3) is 0.429. The van der Waals surface area contributed by atoms with E-state index in [4.69, 9.17) is 4.74 Å². The van der Waals surface area contributed by atoms with Gasteiger partial charge in [0.25, 0.3) is 5.56 Å². The third-order valence-corrected chi connectivity index (χ3v) is 6.45. The van der Waals surface area contributed by atoms with Crippen LogP contribution >= 0.6 is 0 Å². The lowest BCUT2D eigenvalue weighted by molar-refractivity contribution is 0.129. The van der Waals surface area contributed by atoms with Crippen LogP contribution in [0.25, 0.3) is 10.9 Å². The molecule has 0 bridgehead atoms. The largest absolute Gasteiger partial charge is 0.497 e. The normalized spacial score (nSPS) is 13.0. The molecule has 0 unspecified atom stereocenters. The first-order valence-electron chi connectivity index (χ1n) is 12.4. The molecule has 8 nitrogen and oxygen atoms in total. The van der Waals surface area contributed by atoms with Gasteiger partial charge in [-0.05, 0) is 73.4 Å². The van der Waals surface area contributed by atoms with Gasteiger partial charge in [-0.15, -0.1) is 5.10 Å². The predicted molar refractivity (Wildman–Crippen MR) is 142 cm³/mol. The molecule has 8 heteroatoms. The molecule has 0 amide bonds. The molecule has 0 spiro atoms. The number of ether oxygens (including phenoxy) is 1.